The van der Waals surface area contributed by atoms with Crippen LogP contribution < -0.4 is 10.6 Å². The molecule has 2 N–H and O–H groups in total. The first-order valence-corrected chi connectivity index (χ1v) is 7.10. The van der Waals surface area contributed by atoms with Crippen molar-refractivity contribution in [2.75, 3.05) is 19.6 Å². The third-order valence-corrected chi connectivity index (χ3v) is 4.08. The molecule has 3 aliphatic rings. The number of amides is 2. The number of piperidine rings is 1. The summed E-state index contributed by atoms with van der Waals surface area (Å²) in [5.74, 6) is 0.950. The molecule has 0 bridgehead atoms. The van der Waals surface area contributed by atoms with Gasteiger partial charge in [-0.25, -0.2) is 4.79 Å². The van der Waals surface area contributed by atoms with E-state index in [-0.39, 0.29) is 6.03 Å². The monoisotopic (exact) mass is 237 g/mol. The zero-order chi connectivity index (χ0) is 11.7. The molecular formula is C13H23N3O. The summed E-state index contributed by atoms with van der Waals surface area (Å²) in [6.45, 7) is 3.03. The summed E-state index contributed by atoms with van der Waals surface area (Å²) in [5.41, 5.74) is 0. The number of nitrogens with zero attached hydrogens (tertiary/aromatic N) is 1. The number of hydrogen-bond acceptors (Lipinski definition) is 2. The van der Waals surface area contributed by atoms with E-state index in [2.05, 4.69) is 10.6 Å². The molecule has 1 aliphatic heterocycles. The first-order valence-electron chi connectivity index (χ1n) is 7.10. The van der Waals surface area contributed by atoms with Crippen LogP contribution in [0.15, 0.2) is 0 Å². The minimum atomic E-state index is 0.160. The van der Waals surface area contributed by atoms with Gasteiger partial charge in [0, 0.05) is 25.2 Å². The number of carbonyl (C=O) groups is 1. The van der Waals surface area contributed by atoms with Crippen molar-refractivity contribution in [3.63, 3.8) is 0 Å². The van der Waals surface area contributed by atoms with Crippen LogP contribution in [-0.4, -0.2) is 42.6 Å². The molecule has 1 saturated heterocycles. The largest absolute Gasteiger partial charge is 0.335 e. The zero-order valence-corrected chi connectivity index (χ0v) is 10.5. The second kappa shape index (κ2) is 4.84. The van der Waals surface area contributed by atoms with Gasteiger partial charge >= 0.3 is 6.03 Å². The molecule has 3 rings (SSSR count). The number of likely N-dealkylation sites (tertiary alicyclic amines) is 1. The number of hydrogen-bond donors (Lipinski definition) is 2. The normalized spacial score (nSPS) is 26.0. The number of carbonyl (C=O) groups excluding carboxylic acids is 1. The van der Waals surface area contributed by atoms with E-state index >= 15 is 0 Å². The molecule has 0 radical (unpaired) electrons. The van der Waals surface area contributed by atoms with E-state index in [1.165, 1.54) is 32.2 Å². The predicted octanol–water partition coefficient (Wildman–Crippen LogP) is 1.32. The Morgan fingerprint density at radius 1 is 1.00 bits per heavy atom. The molecule has 3 fully saturated rings. The fourth-order valence-electron chi connectivity index (χ4n) is 2.44. The lowest BCUT2D eigenvalue weighted by atomic mass is 10.1. The van der Waals surface area contributed by atoms with Crippen LogP contribution >= 0.6 is 0 Å². The minimum Gasteiger partial charge on any atom is -0.335 e. The van der Waals surface area contributed by atoms with E-state index in [0.717, 1.165) is 31.8 Å². The summed E-state index contributed by atoms with van der Waals surface area (Å²) in [6, 6.07) is 1.28. The van der Waals surface area contributed by atoms with E-state index in [1.807, 2.05) is 4.90 Å². The fraction of sp³-hybridized carbons (Fsp3) is 0.923. The van der Waals surface area contributed by atoms with Crippen molar-refractivity contribution in [1.29, 1.82) is 0 Å². The van der Waals surface area contributed by atoms with Crippen LogP contribution in [0.5, 0.6) is 0 Å². The van der Waals surface area contributed by atoms with Gasteiger partial charge in [-0.2, -0.15) is 0 Å². The second-order valence-corrected chi connectivity index (χ2v) is 5.84. The molecule has 2 aliphatic carbocycles. The van der Waals surface area contributed by atoms with Crippen LogP contribution in [0.3, 0.4) is 0 Å². The van der Waals surface area contributed by atoms with Gasteiger partial charge in [0.05, 0.1) is 0 Å². The van der Waals surface area contributed by atoms with E-state index in [1.54, 1.807) is 0 Å². The Labute approximate surface area is 103 Å². The van der Waals surface area contributed by atoms with Crippen LogP contribution in [0.25, 0.3) is 0 Å². The van der Waals surface area contributed by atoms with Crippen molar-refractivity contribution in [3.05, 3.63) is 0 Å². The van der Waals surface area contributed by atoms with Gasteiger partial charge in [0.1, 0.15) is 0 Å². The summed E-state index contributed by atoms with van der Waals surface area (Å²) in [6.07, 6.45) is 7.40. The van der Waals surface area contributed by atoms with Crippen LogP contribution in [0.4, 0.5) is 4.79 Å². The molecule has 0 unspecified atom stereocenters. The Hall–Kier alpha value is -0.770. The van der Waals surface area contributed by atoms with Gasteiger partial charge in [-0.05, 0) is 51.0 Å². The first-order chi connectivity index (χ1) is 8.31. The molecule has 2 amide bonds. The molecule has 4 heteroatoms. The fourth-order valence-corrected chi connectivity index (χ4v) is 2.44. The molecule has 0 aromatic carbocycles. The van der Waals surface area contributed by atoms with Crippen molar-refractivity contribution in [2.24, 2.45) is 5.92 Å². The maximum Gasteiger partial charge on any atom is 0.317 e. The standard InChI is InChI=1S/C13H23N3O/c17-13(15-12-3-4-12)16-7-5-11(6-8-16)14-9-10-1-2-10/h10-12,14H,1-9H2,(H,15,17). The van der Waals surface area contributed by atoms with Gasteiger partial charge in [-0.15, -0.1) is 0 Å². The smallest absolute Gasteiger partial charge is 0.317 e. The van der Waals surface area contributed by atoms with Crippen molar-refractivity contribution in [1.82, 2.24) is 15.5 Å². The maximum absolute atomic E-state index is 11.8. The lowest BCUT2D eigenvalue weighted by Crippen LogP contribution is -2.49. The minimum absolute atomic E-state index is 0.160. The highest BCUT2D eigenvalue weighted by atomic mass is 16.2. The maximum atomic E-state index is 11.8. The zero-order valence-electron chi connectivity index (χ0n) is 10.5. The lowest BCUT2D eigenvalue weighted by Gasteiger charge is -2.32. The number of urea groups is 1. The molecule has 96 valence electrons. The highest BCUT2D eigenvalue weighted by Crippen LogP contribution is 2.28. The Morgan fingerprint density at radius 3 is 2.29 bits per heavy atom. The summed E-state index contributed by atoms with van der Waals surface area (Å²) in [5, 5.41) is 6.70. The summed E-state index contributed by atoms with van der Waals surface area (Å²) in [4.78, 5) is 13.8. The molecule has 0 aromatic rings. The van der Waals surface area contributed by atoms with Crippen LogP contribution in [0.2, 0.25) is 0 Å². The molecule has 17 heavy (non-hydrogen) atoms. The van der Waals surface area contributed by atoms with Crippen LogP contribution in [0.1, 0.15) is 38.5 Å². The van der Waals surface area contributed by atoms with Crippen LogP contribution in [0, 0.1) is 5.92 Å². The van der Waals surface area contributed by atoms with Crippen molar-refractivity contribution < 1.29 is 4.79 Å². The van der Waals surface area contributed by atoms with E-state index in [9.17, 15) is 4.79 Å². The molecule has 1 heterocycles. The van der Waals surface area contributed by atoms with Gasteiger partial charge in [0.15, 0.2) is 0 Å². The Balaban J connectivity index is 1.35. The summed E-state index contributed by atoms with van der Waals surface area (Å²) < 4.78 is 0. The number of nitrogens with one attached hydrogen (secondary N) is 2. The molecule has 4 nitrogen and oxygen atoms in total. The first kappa shape index (κ1) is 11.3. The second-order valence-electron chi connectivity index (χ2n) is 5.84. The van der Waals surface area contributed by atoms with Crippen molar-refractivity contribution >= 4 is 6.03 Å². The average molecular weight is 237 g/mol. The molecule has 0 spiro atoms. The Bertz CT molecular complexity index is 278. The van der Waals surface area contributed by atoms with Gasteiger partial charge < -0.3 is 15.5 Å². The highest BCUT2D eigenvalue weighted by Gasteiger charge is 2.29. The van der Waals surface area contributed by atoms with Gasteiger partial charge in [0.2, 0.25) is 0 Å². The van der Waals surface area contributed by atoms with Gasteiger partial charge in [-0.3, -0.25) is 0 Å². The van der Waals surface area contributed by atoms with Crippen LogP contribution in [-0.2, 0) is 0 Å². The predicted molar refractivity (Wildman–Crippen MR) is 66.9 cm³/mol. The lowest BCUT2D eigenvalue weighted by molar-refractivity contribution is 0.176. The van der Waals surface area contributed by atoms with Crippen molar-refractivity contribution in [3.8, 4) is 0 Å². The Kier molecular flexibility index (Phi) is 3.23. The highest BCUT2D eigenvalue weighted by molar-refractivity contribution is 5.74. The van der Waals surface area contributed by atoms with E-state index in [4.69, 9.17) is 0 Å². The Morgan fingerprint density at radius 2 is 1.71 bits per heavy atom. The van der Waals surface area contributed by atoms with E-state index in [0.29, 0.717) is 12.1 Å². The molecular weight excluding hydrogens is 214 g/mol. The SMILES string of the molecule is O=C(NC1CC1)N1CCC(NCC2CC2)CC1. The number of rotatable bonds is 4. The van der Waals surface area contributed by atoms with Crippen molar-refractivity contribution in [2.45, 2.75) is 50.6 Å². The van der Waals surface area contributed by atoms with Gasteiger partial charge in [-0.1, -0.05) is 0 Å². The van der Waals surface area contributed by atoms with E-state index < -0.39 is 0 Å². The van der Waals surface area contributed by atoms with Gasteiger partial charge in [0.25, 0.3) is 0 Å². The third-order valence-electron chi connectivity index (χ3n) is 4.08. The summed E-state index contributed by atoms with van der Waals surface area (Å²) in [7, 11) is 0. The quantitative estimate of drug-likeness (QED) is 0.774. The molecule has 0 atom stereocenters. The molecule has 0 aromatic heterocycles. The topological polar surface area (TPSA) is 44.4 Å². The average Bonchev–Trinajstić information content (AvgIpc) is 3.22. The summed E-state index contributed by atoms with van der Waals surface area (Å²) >= 11 is 0. The molecule has 2 saturated carbocycles. The third kappa shape index (κ3) is 3.35.